The molecule has 8 heteroatoms. The van der Waals surface area contributed by atoms with Crippen LogP contribution in [0.2, 0.25) is 0 Å². The third-order valence-electron chi connectivity index (χ3n) is 19.5. The zero-order valence-corrected chi connectivity index (χ0v) is 35.1. The number of carbonyl (C=O) groups excluding carboxylic acids is 2. The molecule has 8 aliphatic carbocycles. The third-order valence-corrected chi connectivity index (χ3v) is 19.5. The molecule has 0 radical (unpaired) electrons. The lowest BCUT2D eigenvalue weighted by atomic mass is 9.44. The van der Waals surface area contributed by atoms with Crippen molar-refractivity contribution in [2.24, 2.45) is 69.0 Å². The lowest BCUT2D eigenvalue weighted by Crippen LogP contribution is -2.59. The minimum absolute atomic E-state index is 0.0141. The molecule has 11 rings (SSSR count). The molecule has 10 aliphatic rings. The van der Waals surface area contributed by atoms with Gasteiger partial charge in [-0.25, -0.2) is 0 Å². The van der Waals surface area contributed by atoms with Crippen molar-refractivity contribution in [3.63, 3.8) is 0 Å². The standard InChI is InChI=1S/C50H64N2O6/c1-47-25-43(55)45-35(37(47)11-7-27(47)17-33-21-31(53)13-15-57-33)9-5-29-19-39-41(23-49(29,45)3)51-40-20-30-6-10-36-38-12-8-28(18-34-22-32(54)14-16-58-34)48(38,2)26-44(56)46(36)50(30,4)24-42(40)52-39/h13-18,29-30,33-38,43-46,55-56H,5-12,19-26H2,1-4H3/b27-17-,28-18-/t29-,30-,33-,34+,35-,36-,37-,38-,43-,44-,45+,46+,47+,48+,49-,50-/m0/s1. The first kappa shape index (κ1) is 37.9. The quantitative estimate of drug-likeness (QED) is 0.290. The van der Waals surface area contributed by atoms with Gasteiger partial charge in [-0.2, -0.15) is 0 Å². The van der Waals surface area contributed by atoms with Crippen molar-refractivity contribution in [3.8, 4) is 0 Å². The van der Waals surface area contributed by atoms with Crippen LogP contribution < -0.4 is 0 Å². The van der Waals surface area contributed by atoms with Crippen molar-refractivity contribution in [2.75, 3.05) is 0 Å². The van der Waals surface area contributed by atoms with Gasteiger partial charge in [0.05, 0.1) is 60.3 Å². The van der Waals surface area contributed by atoms with Crippen LogP contribution in [0.25, 0.3) is 0 Å². The van der Waals surface area contributed by atoms with Crippen molar-refractivity contribution in [2.45, 2.75) is 155 Å². The molecule has 6 saturated carbocycles. The topological polar surface area (TPSA) is 119 Å². The summed E-state index contributed by atoms with van der Waals surface area (Å²) >= 11 is 0. The predicted molar refractivity (Wildman–Crippen MR) is 219 cm³/mol. The number of hydrogen-bond donors (Lipinski definition) is 2. The number of allylic oxidation sites excluding steroid dienone is 4. The number of carbonyl (C=O) groups is 2. The lowest BCUT2D eigenvalue weighted by Gasteiger charge is -2.62. The van der Waals surface area contributed by atoms with Gasteiger partial charge in [0.2, 0.25) is 0 Å². The number of nitrogens with zero attached hydrogens (tertiary/aromatic N) is 2. The summed E-state index contributed by atoms with van der Waals surface area (Å²) in [7, 11) is 0. The van der Waals surface area contributed by atoms with E-state index in [9.17, 15) is 19.8 Å². The number of ketones is 2. The first-order chi connectivity index (χ1) is 27.8. The summed E-state index contributed by atoms with van der Waals surface area (Å²) in [5.41, 5.74) is 7.42. The van der Waals surface area contributed by atoms with Gasteiger partial charge >= 0.3 is 0 Å². The van der Waals surface area contributed by atoms with Crippen LogP contribution in [0.3, 0.4) is 0 Å². The van der Waals surface area contributed by atoms with Crippen LogP contribution in [-0.4, -0.2) is 56.2 Å². The number of aromatic nitrogens is 2. The molecule has 8 nitrogen and oxygen atoms in total. The van der Waals surface area contributed by atoms with E-state index in [1.54, 1.807) is 12.5 Å². The van der Waals surface area contributed by atoms with Gasteiger partial charge in [0.15, 0.2) is 11.6 Å². The zero-order chi connectivity index (χ0) is 39.9. The number of aliphatic hydroxyl groups excluding tert-OH is 2. The minimum Gasteiger partial charge on any atom is -0.493 e. The lowest BCUT2D eigenvalue weighted by molar-refractivity contribution is -0.150. The van der Waals surface area contributed by atoms with Gasteiger partial charge in [0, 0.05) is 12.2 Å². The van der Waals surface area contributed by atoms with Crippen molar-refractivity contribution >= 4 is 11.6 Å². The number of rotatable bonds is 2. The Labute approximate surface area is 344 Å². The van der Waals surface area contributed by atoms with Crippen LogP contribution in [0, 0.1) is 69.0 Å². The van der Waals surface area contributed by atoms with Gasteiger partial charge in [0.25, 0.3) is 0 Å². The molecule has 0 aromatic carbocycles. The largest absolute Gasteiger partial charge is 0.493 e. The molecule has 0 spiro atoms. The highest BCUT2D eigenvalue weighted by Gasteiger charge is 2.64. The van der Waals surface area contributed by atoms with Gasteiger partial charge in [-0.15, -0.1) is 0 Å². The molecule has 3 heterocycles. The van der Waals surface area contributed by atoms with Gasteiger partial charge < -0.3 is 19.7 Å². The summed E-state index contributed by atoms with van der Waals surface area (Å²) in [5, 5.41) is 24.5. The van der Waals surface area contributed by atoms with Crippen molar-refractivity contribution in [1.82, 2.24) is 9.97 Å². The third kappa shape index (κ3) is 5.50. The number of aliphatic hydroxyl groups is 2. The van der Waals surface area contributed by atoms with Crippen molar-refractivity contribution in [1.29, 1.82) is 0 Å². The number of ether oxygens (including phenoxy) is 2. The highest BCUT2D eigenvalue weighted by Crippen LogP contribution is 2.69. The van der Waals surface area contributed by atoms with Crippen molar-refractivity contribution in [3.05, 3.63) is 70.8 Å². The molecular formula is C50H64N2O6. The van der Waals surface area contributed by atoms with E-state index in [0.29, 0.717) is 48.3 Å². The fourth-order valence-corrected chi connectivity index (χ4v) is 16.9. The maximum absolute atomic E-state index is 12.3. The molecular weight excluding hydrogens is 725 g/mol. The monoisotopic (exact) mass is 788 g/mol. The highest BCUT2D eigenvalue weighted by atomic mass is 16.5. The van der Waals surface area contributed by atoms with Crippen LogP contribution in [0.15, 0.2) is 48.0 Å². The summed E-state index contributed by atoms with van der Waals surface area (Å²) in [6.07, 6.45) is 24.6. The molecule has 58 heavy (non-hydrogen) atoms. The average molecular weight is 789 g/mol. The summed E-state index contributed by atoms with van der Waals surface area (Å²) in [5.74, 6) is 3.76. The Morgan fingerprint density at radius 3 is 1.45 bits per heavy atom. The zero-order valence-electron chi connectivity index (χ0n) is 35.1. The molecule has 0 unspecified atom stereocenters. The SMILES string of the molecule is C[C@]12Cc3nc4c(nc3C[C@@H]1CC[C@@H]1[C@@H]2[C@@H](O)C[C@]2(C)/C(=C\[C@@H]3CC(=O)C=CO3)CC[C@@H]12)C[C@@]1(C)[C@@H](CC[C@@H]2[C@@H]1[C@@H](O)C[C@]1(C)/C(=C\[C@H]3CC(=O)C=CO3)CC[C@@H]21)C4. The molecule has 1 aromatic heterocycles. The van der Waals surface area contributed by atoms with E-state index in [0.717, 1.165) is 77.0 Å². The maximum atomic E-state index is 12.3. The Bertz CT molecular complexity index is 1910. The van der Waals surface area contributed by atoms with E-state index in [1.807, 2.05) is 0 Å². The normalized spacial score (nSPS) is 50.0. The fourth-order valence-electron chi connectivity index (χ4n) is 16.9. The van der Waals surface area contributed by atoms with E-state index in [2.05, 4.69) is 39.8 Å². The second-order valence-electron chi connectivity index (χ2n) is 22.1. The summed E-state index contributed by atoms with van der Waals surface area (Å²) in [4.78, 5) is 35.5. The molecule has 1 aromatic rings. The predicted octanol–water partition coefficient (Wildman–Crippen LogP) is 7.93. The van der Waals surface area contributed by atoms with E-state index in [-0.39, 0.29) is 69.5 Å². The summed E-state index contributed by atoms with van der Waals surface area (Å²) < 4.78 is 11.7. The maximum Gasteiger partial charge on any atom is 0.162 e. The van der Waals surface area contributed by atoms with Gasteiger partial charge in [-0.1, -0.05) is 38.8 Å². The Hall–Kier alpha value is -3.10. The molecule has 0 amide bonds. The van der Waals surface area contributed by atoms with Crippen LogP contribution >= 0.6 is 0 Å². The van der Waals surface area contributed by atoms with Crippen LogP contribution in [0.5, 0.6) is 0 Å². The summed E-state index contributed by atoms with van der Waals surface area (Å²) in [6.45, 7) is 9.76. The van der Waals surface area contributed by atoms with Gasteiger partial charge in [-0.3, -0.25) is 19.6 Å². The Morgan fingerprint density at radius 1 is 0.603 bits per heavy atom. The first-order valence-corrected chi connectivity index (χ1v) is 23.1. The Balaban J connectivity index is 0.838. The van der Waals surface area contributed by atoms with Gasteiger partial charge in [0.1, 0.15) is 12.2 Å². The smallest absolute Gasteiger partial charge is 0.162 e. The van der Waals surface area contributed by atoms with Crippen LogP contribution in [0.4, 0.5) is 0 Å². The highest BCUT2D eigenvalue weighted by molar-refractivity contribution is 5.91. The summed E-state index contributed by atoms with van der Waals surface area (Å²) in [6, 6.07) is 0. The van der Waals surface area contributed by atoms with Crippen LogP contribution in [0.1, 0.15) is 128 Å². The van der Waals surface area contributed by atoms with Crippen molar-refractivity contribution < 1.29 is 29.3 Å². The minimum atomic E-state index is -0.366. The second-order valence-corrected chi connectivity index (χ2v) is 22.1. The average Bonchev–Trinajstić information content (AvgIpc) is 3.66. The molecule has 2 aliphatic heterocycles. The molecule has 0 bridgehead atoms. The molecule has 16 atom stereocenters. The molecule has 310 valence electrons. The molecule has 2 N–H and O–H groups in total. The van der Waals surface area contributed by atoms with E-state index >= 15 is 0 Å². The second kappa shape index (κ2) is 13.2. The number of hydrogen-bond acceptors (Lipinski definition) is 8. The van der Waals surface area contributed by atoms with Gasteiger partial charge in [-0.05, 0) is 171 Å². The first-order valence-electron chi connectivity index (χ1n) is 23.1. The molecule has 6 fully saturated rings. The Kier molecular flexibility index (Phi) is 8.62. The number of fused-ring (bicyclic) bond motifs is 12. The molecule has 0 saturated heterocycles. The van der Waals surface area contributed by atoms with E-state index < -0.39 is 0 Å². The van der Waals surface area contributed by atoms with Crippen LogP contribution in [-0.2, 0) is 44.7 Å². The Morgan fingerprint density at radius 2 is 1.03 bits per heavy atom. The van der Waals surface area contributed by atoms with E-state index in [4.69, 9.17) is 19.4 Å². The van der Waals surface area contributed by atoms with E-state index in [1.165, 1.54) is 58.9 Å². The fraction of sp³-hybridized carbons (Fsp3) is 0.720.